The number of anilines is 2. The molecule has 34 heavy (non-hydrogen) atoms. The van der Waals surface area contributed by atoms with Gasteiger partial charge in [-0.3, -0.25) is 29.4 Å². The molecule has 2 saturated heterocycles. The summed E-state index contributed by atoms with van der Waals surface area (Å²) < 4.78 is 5.97. The van der Waals surface area contributed by atoms with Crippen molar-refractivity contribution in [1.82, 2.24) is 4.90 Å². The van der Waals surface area contributed by atoms with E-state index in [1.165, 1.54) is 12.1 Å². The van der Waals surface area contributed by atoms with Crippen LogP contribution in [0.2, 0.25) is 0 Å². The molecule has 0 spiro atoms. The van der Waals surface area contributed by atoms with Crippen molar-refractivity contribution in [2.75, 3.05) is 43.1 Å². The highest BCUT2D eigenvalue weighted by atomic mass is 79.9. The van der Waals surface area contributed by atoms with Gasteiger partial charge in [0.05, 0.1) is 28.7 Å². The van der Waals surface area contributed by atoms with E-state index in [2.05, 4.69) is 21.2 Å². The van der Waals surface area contributed by atoms with Gasteiger partial charge in [0, 0.05) is 23.6 Å². The van der Waals surface area contributed by atoms with Crippen molar-refractivity contribution in [3.63, 3.8) is 0 Å². The zero-order valence-corrected chi connectivity index (χ0v) is 20.1. The summed E-state index contributed by atoms with van der Waals surface area (Å²) in [6, 6.07) is 11.6. The fourth-order valence-electron chi connectivity index (χ4n) is 3.53. The van der Waals surface area contributed by atoms with E-state index in [0.29, 0.717) is 59.5 Å². The number of carbonyl (C=O) groups excluding carboxylic acids is 3. The number of halogens is 1. The highest BCUT2D eigenvalue weighted by Gasteiger charge is 2.36. The van der Waals surface area contributed by atoms with E-state index in [-0.39, 0.29) is 10.6 Å². The summed E-state index contributed by atoms with van der Waals surface area (Å²) in [5.41, 5.74) is 1.31. The third kappa shape index (κ3) is 5.29. The number of amides is 3. The van der Waals surface area contributed by atoms with Gasteiger partial charge < -0.3 is 15.0 Å². The lowest BCUT2D eigenvalue weighted by molar-refractivity contribution is -0.384. The maximum absolute atomic E-state index is 12.8. The second-order valence-electron chi connectivity index (χ2n) is 7.40. The van der Waals surface area contributed by atoms with Crippen LogP contribution in [0.15, 0.2) is 51.8 Å². The van der Waals surface area contributed by atoms with Crippen LogP contribution in [-0.2, 0) is 14.3 Å². The van der Waals surface area contributed by atoms with Gasteiger partial charge in [-0.05, 0) is 57.5 Å². The van der Waals surface area contributed by atoms with Crippen molar-refractivity contribution in [3.8, 4) is 0 Å². The minimum absolute atomic E-state index is 0.0899. The summed E-state index contributed by atoms with van der Waals surface area (Å²) in [5.74, 6) is -1.15. The Kier molecular flexibility index (Phi) is 7.29. The van der Waals surface area contributed by atoms with E-state index < -0.39 is 28.5 Å². The summed E-state index contributed by atoms with van der Waals surface area (Å²) in [5, 5.41) is 13.7. The number of thioether (sulfide) groups is 1. The summed E-state index contributed by atoms with van der Waals surface area (Å²) in [4.78, 5) is 51.6. The predicted molar refractivity (Wildman–Crippen MR) is 132 cm³/mol. The Labute approximate surface area is 207 Å². The quantitative estimate of drug-likeness (QED) is 0.329. The Morgan fingerprint density at radius 1 is 1.21 bits per heavy atom. The number of benzene rings is 2. The number of para-hydroxylation sites is 1. The van der Waals surface area contributed by atoms with Gasteiger partial charge in [-0.1, -0.05) is 18.2 Å². The van der Waals surface area contributed by atoms with E-state index >= 15 is 0 Å². The van der Waals surface area contributed by atoms with E-state index in [1.54, 1.807) is 36.4 Å². The highest BCUT2D eigenvalue weighted by Crippen LogP contribution is 2.35. The molecule has 2 aromatic rings. The van der Waals surface area contributed by atoms with Crippen LogP contribution in [0.5, 0.6) is 0 Å². The summed E-state index contributed by atoms with van der Waals surface area (Å²) in [7, 11) is 0. The Morgan fingerprint density at radius 3 is 2.65 bits per heavy atom. The molecule has 3 amide bonds. The number of nitrogens with one attached hydrogen (secondary N) is 1. The normalized spacial score (nSPS) is 17.4. The van der Waals surface area contributed by atoms with E-state index in [0.717, 1.165) is 4.90 Å². The first-order valence-corrected chi connectivity index (χ1v) is 11.9. The van der Waals surface area contributed by atoms with Crippen LogP contribution in [0, 0.1) is 10.1 Å². The smallest absolute Gasteiger partial charge is 0.294 e. The molecule has 4 rings (SSSR count). The largest absolute Gasteiger partial charge is 0.378 e. The molecule has 2 heterocycles. The van der Waals surface area contributed by atoms with E-state index in [4.69, 9.17) is 4.74 Å². The lowest BCUT2D eigenvalue weighted by atomic mass is 10.1. The molecule has 176 valence electrons. The topological polar surface area (TPSA) is 122 Å². The maximum atomic E-state index is 12.8. The Morgan fingerprint density at radius 2 is 1.94 bits per heavy atom. The van der Waals surface area contributed by atoms with Crippen molar-refractivity contribution in [1.29, 1.82) is 0 Å². The number of hydrogen-bond donors (Lipinski definition) is 1. The predicted octanol–water partition coefficient (Wildman–Crippen LogP) is 3.87. The van der Waals surface area contributed by atoms with Gasteiger partial charge in [-0.2, -0.15) is 0 Å². The number of imide groups is 1. The molecule has 0 aliphatic carbocycles. The number of nitro groups is 1. The lowest BCUT2D eigenvalue weighted by Gasteiger charge is -2.28. The molecule has 2 aromatic carbocycles. The van der Waals surface area contributed by atoms with E-state index in [9.17, 15) is 24.5 Å². The lowest BCUT2D eigenvalue weighted by Crippen LogP contribution is -2.36. The van der Waals surface area contributed by atoms with Crippen LogP contribution in [-0.4, -0.2) is 59.7 Å². The van der Waals surface area contributed by atoms with Gasteiger partial charge in [0.1, 0.15) is 12.2 Å². The minimum Gasteiger partial charge on any atom is -0.378 e. The van der Waals surface area contributed by atoms with Crippen LogP contribution in [0.4, 0.5) is 21.9 Å². The monoisotopic (exact) mass is 546 g/mol. The van der Waals surface area contributed by atoms with Crippen molar-refractivity contribution in [2.24, 2.45) is 0 Å². The zero-order valence-electron chi connectivity index (χ0n) is 17.7. The molecule has 0 bridgehead atoms. The van der Waals surface area contributed by atoms with Gasteiger partial charge in [0.2, 0.25) is 5.91 Å². The van der Waals surface area contributed by atoms with Gasteiger partial charge in [-0.15, -0.1) is 0 Å². The number of morpholine rings is 1. The first-order valence-electron chi connectivity index (χ1n) is 10.2. The fourth-order valence-corrected chi connectivity index (χ4v) is 4.75. The molecular formula is C22H19BrN4O6S. The highest BCUT2D eigenvalue weighted by molar-refractivity contribution is 9.10. The van der Waals surface area contributed by atoms with Crippen LogP contribution in [0.3, 0.4) is 0 Å². The first-order chi connectivity index (χ1) is 16.3. The average Bonchev–Trinajstić information content (AvgIpc) is 3.08. The third-order valence-corrected chi connectivity index (χ3v) is 6.77. The second-order valence-corrected chi connectivity index (χ2v) is 9.25. The standard InChI is InChI=1S/C22H19BrN4O6S/c23-15-3-1-2-4-16(15)24-20(28)13-26-21(29)19(34-22(26)30)12-14-5-6-17(18(11-14)27(31)32)25-7-9-33-10-8-25/h1-6,11-12H,7-10,13H2,(H,24,28)/b19-12-. The van der Waals surface area contributed by atoms with Crippen molar-refractivity contribution in [3.05, 3.63) is 67.5 Å². The molecule has 10 nitrogen and oxygen atoms in total. The number of rotatable bonds is 6. The van der Waals surface area contributed by atoms with Gasteiger partial charge in [0.15, 0.2) is 0 Å². The van der Waals surface area contributed by atoms with Crippen molar-refractivity contribution in [2.45, 2.75) is 0 Å². The Balaban J connectivity index is 1.50. The zero-order chi connectivity index (χ0) is 24.2. The molecule has 2 aliphatic heterocycles. The maximum Gasteiger partial charge on any atom is 0.294 e. The van der Waals surface area contributed by atoms with E-state index in [1.807, 2.05) is 4.90 Å². The van der Waals surface area contributed by atoms with Gasteiger partial charge >= 0.3 is 0 Å². The molecule has 0 radical (unpaired) electrons. The average molecular weight is 547 g/mol. The number of hydrogen-bond acceptors (Lipinski definition) is 8. The number of carbonyl (C=O) groups is 3. The summed E-state index contributed by atoms with van der Waals surface area (Å²) in [6.45, 7) is 1.61. The molecule has 0 saturated carbocycles. The van der Waals surface area contributed by atoms with Crippen molar-refractivity contribution >= 4 is 67.9 Å². The third-order valence-electron chi connectivity index (χ3n) is 5.17. The van der Waals surface area contributed by atoms with Crippen molar-refractivity contribution < 1.29 is 24.0 Å². The minimum atomic E-state index is -0.628. The molecular weight excluding hydrogens is 528 g/mol. The van der Waals surface area contributed by atoms with Crippen LogP contribution in [0.1, 0.15) is 5.56 Å². The molecule has 0 unspecified atom stereocenters. The molecule has 2 fully saturated rings. The van der Waals surface area contributed by atoms with Gasteiger partial charge in [-0.25, -0.2) is 0 Å². The molecule has 0 aromatic heterocycles. The fraction of sp³-hybridized carbons (Fsp3) is 0.227. The van der Waals surface area contributed by atoms with Crippen LogP contribution >= 0.6 is 27.7 Å². The SMILES string of the molecule is O=C(CN1C(=O)S/C(=C\c2ccc(N3CCOCC3)c([N+](=O)[O-])c2)C1=O)Nc1ccccc1Br. The number of nitro benzene ring substituents is 1. The second kappa shape index (κ2) is 10.4. The molecule has 1 N–H and O–H groups in total. The molecule has 2 aliphatic rings. The number of ether oxygens (including phenoxy) is 1. The molecule has 0 atom stereocenters. The summed E-state index contributed by atoms with van der Waals surface area (Å²) >= 11 is 4.01. The Bertz CT molecular complexity index is 1200. The van der Waals surface area contributed by atoms with Gasteiger partial charge in [0.25, 0.3) is 16.8 Å². The van der Waals surface area contributed by atoms with Crippen LogP contribution in [0.25, 0.3) is 6.08 Å². The van der Waals surface area contributed by atoms with Crippen LogP contribution < -0.4 is 10.2 Å². The Hall–Kier alpha value is -3.22. The first kappa shape index (κ1) is 23.9. The summed E-state index contributed by atoms with van der Waals surface area (Å²) in [6.07, 6.45) is 1.42. The number of nitrogens with zero attached hydrogens (tertiary/aromatic N) is 3. The molecule has 12 heteroatoms.